The van der Waals surface area contributed by atoms with Crippen molar-refractivity contribution in [1.29, 1.82) is 0 Å². The molecule has 2 aromatic heterocycles. The third-order valence-electron chi connectivity index (χ3n) is 4.91. The Bertz CT molecular complexity index is 1010. The maximum Gasteiger partial charge on any atom is 0.273 e. The molecule has 1 fully saturated rings. The molecule has 0 radical (unpaired) electrons. The average molecular weight is 428 g/mol. The first-order valence-electron chi connectivity index (χ1n) is 9.37. The largest absolute Gasteiger partial charge is 0.348 e. The molecule has 0 aliphatic carbocycles. The summed E-state index contributed by atoms with van der Waals surface area (Å²) in [4.78, 5) is 12.1. The Hall–Kier alpha value is -2.34. The van der Waals surface area contributed by atoms with E-state index in [1.807, 2.05) is 13.8 Å². The van der Waals surface area contributed by atoms with Crippen LogP contribution in [0, 0.1) is 13.8 Å². The molecule has 0 aromatic carbocycles. The molecule has 1 aliphatic rings. The lowest BCUT2D eigenvalue weighted by atomic mass is 10.2. The molecule has 2 aromatic rings. The van der Waals surface area contributed by atoms with Gasteiger partial charge in [0.05, 0.1) is 24.1 Å². The van der Waals surface area contributed by atoms with Gasteiger partial charge < -0.3 is 5.32 Å². The SMILES string of the molecule is Cc1nn(C)c(C)c1S(=O)(=O)N1CC(F)CC1Cn1cc(C(=O)NC(C)C)nn1. The number of hydrogen-bond donors (Lipinski definition) is 1. The molecule has 2 unspecified atom stereocenters. The van der Waals surface area contributed by atoms with Gasteiger partial charge in [0.15, 0.2) is 5.69 Å². The highest BCUT2D eigenvalue weighted by Crippen LogP contribution is 2.31. The van der Waals surface area contributed by atoms with Crippen molar-refractivity contribution in [2.75, 3.05) is 6.54 Å². The predicted molar refractivity (Wildman–Crippen MR) is 102 cm³/mol. The normalized spacial score (nSPS) is 20.5. The van der Waals surface area contributed by atoms with Gasteiger partial charge in [0.2, 0.25) is 10.0 Å². The van der Waals surface area contributed by atoms with Crippen molar-refractivity contribution in [2.24, 2.45) is 7.05 Å². The standard InChI is InChI=1S/C17H26FN7O3S/c1-10(2)19-17(26)15-9-24(22-20-15)8-14-6-13(18)7-25(14)29(27,28)16-11(3)21-23(5)12(16)4/h9-10,13-14H,6-8H2,1-5H3,(H,19,26). The van der Waals surface area contributed by atoms with Crippen LogP contribution in [0.25, 0.3) is 0 Å². The number of halogens is 1. The van der Waals surface area contributed by atoms with Crippen LogP contribution in [-0.2, 0) is 23.6 Å². The average Bonchev–Trinajstić information content (AvgIpc) is 3.27. The summed E-state index contributed by atoms with van der Waals surface area (Å²) in [5.41, 5.74) is 0.998. The first kappa shape index (κ1) is 21.4. The zero-order valence-corrected chi connectivity index (χ0v) is 17.9. The van der Waals surface area contributed by atoms with Gasteiger partial charge in [-0.1, -0.05) is 5.21 Å². The topological polar surface area (TPSA) is 115 Å². The summed E-state index contributed by atoms with van der Waals surface area (Å²) in [5, 5.41) is 14.6. The smallest absolute Gasteiger partial charge is 0.273 e. The third-order valence-corrected chi connectivity index (χ3v) is 7.08. The molecule has 1 aliphatic heterocycles. The molecule has 2 atom stereocenters. The summed E-state index contributed by atoms with van der Waals surface area (Å²) >= 11 is 0. The molecule has 1 N–H and O–H groups in total. The van der Waals surface area contributed by atoms with E-state index in [0.717, 1.165) is 0 Å². The molecular weight excluding hydrogens is 401 g/mol. The van der Waals surface area contributed by atoms with Gasteiger partial charge in [0.1, 0.15) is 11.1 Å². The highest BCUT2D eigenvalue weighted by atomic mass is 32.2. The molecule has 29 heavy (non-hydrogen) atoms. The third kappa shape index (κ3) is 4.17. The van der Waals surface area contributed by atoms with E-state index < -0.39 is 22.2 Å². The maximum absolute atomic E-state index is 14.2. The fourth-order valence-electron chi connectivity index (χ4n) is 3.58. The zero-order chi connectivity index (χ0) is 21.5. The Morgan fingerprint density at radius 3 is 2.66 bits per heavy atom. The van der Waals surface area contributed by atoms with Gasteiger partial charge in [-0.05, 0) is 34.1 Å². The Labute approximate surface area is 169 Å². The number of aryl methyl sites for hydroxylation is 2. The number of hydrogen-bond acceptors (Lipinski definition) is 6. The molecule has 160 valence electrons. The molecule has 1 saturated heterocycles. The Balaban J connectivity index is 1.84. The van der Waals surface area contributed by atoms with Crippen LogP contribution in [0.15, 0.2) is 11.1 Å². The minimum Gasteiger partial charge on any atom is -0.348 e. The lowest BCUT2D eigenvalue weighted by Crippen LogP contribution is -2.38. The predicted octanol–water partition coefficient (Wildman–Crippen LogP) is 0.568. The minimum atomic E-state index is -3.94. The molecule has 0 bridgehead atoms. The molecule has 0 spiro atoms. The molecule has 10 nitrogen and oxygen atoms in total. The van der Waals surface area contributed by atoms with E-state index in [0.29, 0.717) is 11.4 Å². The van der Waals surface area contributed by atoms with Gasteiger partial charge in [0.25, 0.3) is 5.91 Å². The van der Waals surface area contributed by atoms with Crippen LogP contribution in [0.3, 0.4) is 0 Å². The first-order chi connectivity index (χ1) is 13.5. The van der Waals surface area contributed by atoms with Crippen molar-refractivity contribution >= 4 is 15.9 Å². The van der Waals surface area contributed by atoms with Crippen molar-refractivity contribution in [1.82, 2.24) is 34.4 Å². The van der Waals surface area contributed by atoms with E-state index in [-0.39, 0.29) is 42.0 Å². The second-order valence-corrected chi connectivity index (χ2v) is 9.47. The summed E-state index contributed by atoms with van der Waals surface area (Å²) in [5.74, 6) is -0.368. The Kier molecular flexibility index (Phi) is 5.77. The van der Waals surface area contributed by atoms with Crippen molar-refractivity contribution in [3.63, 3.8) is 0 Å². The summed E-state index contributed by atoms with van der Waals surface area (Å²) < 4.78 is 44.8. The first-order valence-corrected chi connectivity index (χ1v) is 10.8. The number of amides is 1. The zero-order valence-electron chi connectivity index (χ0n) is 17.1. The van der Waals surface area contributed by atoms with Gasteiger partial charge in [-0.25, -0.2) is 12.8 Å². The lowest BCUT2D eigenvalue weighted by molar-refractivity contribution is 0.0938. The molecular formula is C17H26FN7O3S. The van der Waals surface area contributed by atoms with Gasteiger partial charge in [0, 0.05) is 25.7 Å². The maximum atomic E-state index is 14.2. The Morgan fingerprint density at radius 1 is 1.38 bits per heavy atom. The number of aromatic nitrogens is 5. The molecule has 3 rings (SSSR count). The number of nitrogens with one attached hydrogen (secondary N) is 1. The van der Waals surface area contributed by atoms with E-state index >= 15 is 0 Å². The fraction of sp³-hybridized carbons (Fsp3) is 0.647. The highest BCUT2D eigenvalue weighted by Gasteiger charge is 2.42. The van der Waals surface area contributed by atoms with Crippen LogP contribution >= 0.6 is 0 Å². The van der Waals surface area contributed by atoms with Crippen LogP contribution in [0.4, 0.5) is 4.39 Å². The van der Waals surface area contributed by atoms with Crippen molar-refractivity contribution in [3.8, 4) is 0 Å². The number of sulfonamides is 1. The number of alkyl halides is 1. The van der Waals surface area contributed by atoms with Crippen LogP contribution in [-0.4, -0.2) is 68.2 Å². The summed E-state index contributed by atoms with van der Waals surface area (Å²) in [6.07, 6.45) is 0.207. The molecule has 0 saturated carbocycles. The van der Waals surface area contributed by atoms with Crippen LogP contribution in [0.2, 0.25) is 0 Å². The molecule has 3 heterocycles. The highest BCUT2D eigenvalue weighted by molar-refractivity contribution is 7.89. The van der Waals surface area contributed by atoms with E-state index in [9.17, 15) is 17.6 Å². The molecule has 12 heteroatoms. The summed E-state index contributed by atoms with van der Waals surface area (Å²) in [7, 11) is -2.27. The van der Waals surface area contributed by atoms with E-state index in [2.05, 4.69) is 20.7 Å². The van der Waals surface area contributed by atoms with Gasteiger partial charge in [-0.15, -0.1) is 5.10 Å². The second kappa shape index (κ2) is 7.82. The number of rotatable bonds is 6. The van der Waals surface area contributed by atoms with Crippen molar-refractivity contribution in [2.45, 2.75) is 63.8 Å². The van der Waals surface area contributed by atoms with Gasteiger partial charge in [-0.2, -0.15) is 9.40 Å². The number of carbonyl (C=O) groups is 1. The van der Waals surface area contributed by atoms with E-state index in [1.165, 1.54) is 19.9 Å². The summed E-state index contributed by atoms with van der Waals surface area (Å²) in [6, 6.07) is -0.696. The fourth-order valence-corrected chi connectivity index (χ4v) is 5.64. The lowest BCUT2D eigenvalue weighted by Gasteiger charge is -2.23. The van der Waals surface area contributed by atoms with Crippen LogP contribution in [0.5, 0.6) is 0 Å². The van der Waals surface area contributed by atoms with Crippen molar-refractivity contribution < 1.29 is 17.6 Å². The Morgan fingerprint density at radius 2 is 2.07 bits per heavy atom. The minimum absolute atomic E-state index is 0.0466. The number of carbonyl (C=O) groups excluding carboxylic acids is 1. The monoisotopic (exact) mass is 427 g/mol. The number of nitrogens with zero attached hydrogens (tertiary/aromatic N) is 6. The van der Waals surface area contributed by atoms with Gasteiger partial charge >= 0.3 is 0 Å². The second-order valence-electron chi connectivity index (χ2n) is 7.64. The molecule has 1 amide bonds. The van der Waals surface area contributed by atoms with Gasteiger partial charge in [-0.3, -0.25) is 14.2 Å². The van der Waals surface area contributed by atoms with Crippen LogP contribution < -0.4 is 5.32 Å². The van der Waals surface area contributed by atoms with Crippen molar-refractivity contribution in [3.05, 3.63) is 23.3 Å². The van der Waals surface area contributed by atoms with E-state index in [4.69, 9.17) is 0 Å². The summed E-state index contributed by atoms with van der Waals surface area (Å²) in [6.45, 7) is 6.81. The van der Waals surface area contributed by atoms with E-state index in [1.54, 1.807) is 20.9 Å². The van der Waals surface area contributed by atoms with Crippen LogP contribution in [0.1, 0.15) is 42.1 Å². The quantitative estimate of drug-likeness (QED) is 0.721.